The number of furan rings is 1. The van der Waals surface area contributed by atoms with E-state index >= 15 is 0 Å². The van der Waals surface area contributed by atoms with Gasteiger partial charge in [0.05, 0.1) is 6.04 Å². The zero-order valence-electron chi connectivity index (χ0n) is 9.68. The minimum absolute atomic E-state index is 0.0405. The molecule has 0 aliphatic carbocycles. The van der Waals surface area contributed by atoms with Gasteiger partial charge in [0.25, 0.3) is 0 Å². The molecule has 0 saturated carbocycles. The van der Waals surface area contributed by atoms with E-state index in [2.05, 4.69) is 27.9 Å². The predicted molar refractivity (Wildman–Crippen MR) is 76.9 cm³/mol. The van der Waals surface area contributed by atoms with Gasteiger partial charge in [-0.3, -0.25) is 0 Å². The van der Waals surface area contributed by atoms with Crippen LogP contribution in [0, 0.1) is 3.57 Å². The summed E-state index contributed by atoms with van der Waals surface area (Å²) in [7, 11) is 0. The molecule has 0 aliphatic heterocycles. The molecular weight excluding hydrogens is 345 g/mol. The molecule has 4 nitrogen and oxygen atoms in total. The third-order valence-corrected chi connectivity index (χ3v) is 3.14. The number of hydrogen-bond donors (Lipinski definition) is 2. The van der Waals surface area contributed by atoms with Crippen LogP contribution >= 0.6 is 22.6 Å². The molecule has 0 amide bonds. The van der Waals surface area contributed by atoms with Gasteiger partial charge in [-0.2, -0.15) is 0 Å². The Labute approximate surface area is 118 Å². The van der Waals surface area contributed by atoms with Gasteiger partial charge in [0, 0.05) is 9.26 Å². The molecule has 0 spiro atoms. The van der Waals surface area contributed by atoms with E-state index in [9.17, 15) is 4.79 Å². The second-order valence-corrected chi connectivity index (χ2v) is 5.13. The van der Waals surface area contributed by atoms with E-state index in [0.717, 1.165) is 9.26 Å². The average molecular weight is 357 g/mol. The maximum absolute atomic E-state index is 10.7. The summed E-state index contributed by atoms with van der Waals surface area (Å²) in [5.41, 5.74) is 0.975. The molecule has 5 heteroatoms. The molecule has 0 aliphatic rings. The number of benzene rings is 1. The molecule has 1 atom stereocenters. The molecule has 2 N–H and O–H groups in total. The van der Waals surface area contributed by atoms with Crippen LogP contribution in [0.3, 0.4) is 0 Å². The first-order valence-electron chi connectivity index (χ1n) is 5.41. The summed E-state index contributed by atoms with van der Waals surface area (Å²) < 4.78 is 6.38. The lowest BCUT2D eigenvalue weighted by Gasteiger charge is -2.12. The highest BCUT2D eigenvalue weighted by atomic mass is 127. The van der Waals surface area contributed by atoms with Crippen molar-refractivity contribution >= 4 is 34.2 Å². The van der Waals surface area contributed by atoms with Crippen molar-refractivity contribution in [3.8, 4) is 0 Å². The summed E-state index contributed by atoms with van der Waals surface area (Å²) in [6.45, 7) is 1.92. The third-order valence-electron chi connectivity index (χ3n) is 2.47. The number of nitrogens with one attached hydrogen (secondary N) is 1. The minimum atomic E-state index is -1.05. The first kappa shape index (κ1) is 12.9. The highest BCUT2D eigenvalue weighted by molar-refractivity contribution is 14.1. The SMILES string of the molecule is CC(Nc1cccc(I)c1)c1ccc(C(=O)O)o1. The first-order chi connectivity index (χ1) is 8.56. The highest BCUT2D eigenvalue weighted by Crippen LogP contribution is 2.22. The zero-order chi connectivity index (χ0) is 13.1. The van der Waals surface area contributed by atoms with Crippen LogP contribution in [-0.4, -0.2) is 11.1 Å². The standard InChI is InChI=1S/C13H12INO3/c1-8(11-5-6-12(18-11)13(16)17)15-10-4-2-3-9(14)7-10/h2-8,15H,1H3,(H,16,17). The van der Waals surface area contributed by atoms with Gasteiger partial charge >= 0.3 is 5.97 Å². The van der Waals surface area contributed by atoms with Gasteiger partial charge in [-0.25, -0.2) is 4.79 Å². The fourth-order valence-corrected chi connectivity index (χ4v) is 2.14. The van der Waals surface area contributed by atoms with Gasteiger partial charge in [0.15, 0.2) is 0 Å². The summed E-state index contributed by atoms with van der Waals surface area (Å²) >= 11 is 2.24. The number of carbonyl (C=O) groups is 1. The topological polar surface area (TPSA) is 62.5 Å². The monoisotopic (exact) mass is 357 g/mol. The maximum atomic E-state index is 10.7. The van der Waals surface area contributed by atoms with Crippen LogP contribution in [0.5, 0.6) is 0 Å². The Morgan fingerprint density at radius 3 is 2.78 bits per heavy atom. The fourth-order valence-electron chi connectivity index (χ4n) is 1.60. The lowest BCUT2D eigenvalue weighted by atomic mass is 10.2. The highest BCUT2D eigenvalue weighted by Gasteiger charge is 2.13. The number of rotatable bonds is 4. The van der Waals surface area contributed by atoms with Crippen LogP contribution in [0.2, 0.25) is 0 Å². The fraction of sp³-hybridized carbons (Fsp3) is 0.154. The van der Waals surface area contributed by atoms with Gasteiger partial charge in [0.1, 0.15) is 5.76 Å². The number of aromatic carboxylic acids is 1. The van der Waals surface area contributed by atoms with Crippen LogP contribution < -0.4 is 5.32 Å². The molecule has 0 fully saturated rings. The molecule has 1 aromatic heterocycles. The Morgan fingerprint density at radius 1 is 1.39 bits per heavy atom. The normalized spacial score (nSPS) is 12.1. The van der Waals surface area contributed by atoms with Crippen molar-refractivity contribution in [1.82, 2.24) is 0 Å². The Morgan fingerprint density at radius 2 is 2.17 bits per heavy atom. The number of hydrogen-bond acceptors (Lipinski definition) is 3. The predicted octanol–water partition coefficient (Wildman–Crippen LogP) is 3.76. The minimum Gasteiger partial charge on any atom is -0.475 e. The van der Waals surface area contributed by atoms with Crippen LogP contribution in [-0.2, 0) is 0 Å². The maximum Gasteiger partial charge on any atom is 0.371 e. The molecule has 0 saturated heterocycles. The van der Waals surface area contributed by atoms with Gasteiger partial charge in [-0.15, -0.1) is 0 Å². The van der Waals surface area contributed by atoms with Gasteiger partial charge in [-0.1, -0.05) is 6.07 Å². The summed E-state index contributed by atoms with van der Waals surface area (Å²) in [6.07, 6.45) is 0. The van der Waals surface area contributed by atoms with Crippen LogP contribution in [0.15, 0.2) is 40.8 Å². The van der Waals surface area contributed by atoms with Crippen molar-refractivity contribution < 1.29 is 14.3 Å². The molecule has 94 valence electrons. The van der Waals surface area contributed by atoms with E-state index in [4.69, 9.17) is 9.52 Å². The molecule has 2 rings (SSSR count). The van der Waals surface area contributed by atoms with Gasteiger partial charge in [-0.05, 0) is 59.8 Å². The first-order valence-corrected chi connectivity index (χ1v) is 6.49. The average Bonchev–Trinajstić information content (AvgIpc) is 2.78. The van der Waals surface area contributed by atoms with E-state index in [0.29, 0.717) is 5.76 Å². The largest absolute Gasteiger partial charge is 0.475 e. The molecular formula is C13H12INO3. The lowest BCUT2D eigenvalue weighted by Crippen LogP contribution is -2.05. The van der Waals surface area contributed by atoms with E-state index in [1.807, 2.05) is 31.2 Å². The Bertz CT molecular complexity index is 565. The van der Waals surface area contributed by atoms with Crippen molar-refractivity contribution in [3.63, 3.8) is 0 Å². The number of halogens is 1. The summed E-state index contributed by atoms with van der Waals surface area (Å²) in [6, 6.07) is 11.0. The van der Waals surface area contributed by atoms with Crippen LogP contribution in [0.1, 0.15) is 29.3 Å². The quantitative estimate of drug-likeness (QED) is 0.818. The van der Waals surface area contributed by atoms with Gasteiger partial charge < -0.3 is 14.8 Å². The number of carboxylic acid groups (broad SMARTS) is 1. The molecule has 1 heterocycles. The van der Waals surface area contributed by atoms with Crippen molar-refractivity contribution in [1.29, 1.82) is 0 Å². The Kier molecular flexibility index (Phi) is 3.90. The van der Waals surface area contributed by atoms with E-state index < -0.39 is 5.97 Å². The second kappa shape index (κ2) is 5.43. The van der Waals surface area contributed by atoms with Crippen LogP contribution in [0.25, 0.3) is 0 Å². The summed E-state index contributed by atoms with van der Waals surface area (Å²) in [5, 5.41) is 12.1. The molecule has 2 aromatic rings. The molecule has 1 aromatic carbocycles. The zero-order valence-corrected chi connectivity index (χ0v) is 11.8. The second-order valence-electron chi connectivity index (χ2n) is 3.88. The third kappa shape index (κ3) is 3.04. The Hall–Kier alpha value is -1.50. The summed E-state index contributed by atoms with van der Waals surface area (Å²) in [4.78, 5) is 10.7. The van der Waals surface area contributed by atoms with E-state index in [1.165, 1.54) is 6.07 Å². The van der Waals surface area contributed by atoms with E-state index in [1.54, 1.807) is 6.07 Å². The molecule has 0 bridgehead atoms. The van der Waals surface area contributed by atoms with Crippen molar-refractivity contribution in [2.75, 3.05) is 5.32 Å². The van der Waals surface area contributed by atoms with Crippen molar-refractivity contribution in [3.05, 3.63) is 51.5 Å². The Balaban J connectivity index is 2.11. The van der Waals surface area contributed by atoms with Crippen molar-refractivity contribution in [2.24, 2.45) is 0 Å². The van der Waals surface area contributed by atoms with E-state index in [-0.39, 0.29) is 11.8 Å². The molecule has 0 radical (unpaired) electrons. The molecule has 1 unspecified atom stereocenters. The van der Waals surface area contributed by atoms with Crippen molar-refractivity contribution in [2.45, 2.75) is 13.0 Å². The summed E-state index contributed by atoms with van der Waals surface area (Å²) in [5.74, 6) is -0.490. The molecule has 18 heavy (non-hydrogen) atoms. The van der Waals surface area contributed by atoms with Gasteiger partial charge in [0.2, 0.25) is 5.76 Å². The smallest absolute Gasteiger partial charge is 0.371 e. The lowest BCUT2D eigenvalue weighted by molar-refractivity contribution is 0.0660. The number of anilines is 1. The number of carboxylic acids is 1. The van der Waals surface area contributed by atoms with Crippen LogP contribution in [0.4, 0.5) is 5.69 Å².